The molecule has 0 saturated heterocycles. The fourth-order valence-corrected chi connectivity index (χ4v) is 7.02. The lowest BCUT2D eigenvalue weighted by atomic mass is 9.60. The van der Waals surface area contributed by atoms with Crippen molar-refractivity contribution in [2.45, 2.75) is 96.7 Å². The molecule has 0 aromatic carbocycles. The lowest BCUT2D eigenvalue weighted by Gasteiger charge is -2.44. The van der Waals surface area contributed by atoms with E-state index in [1.807, 2.05) is 6.92 Å². The molecule has 4 rings (SSSR count). The minimum atomic E-state index is -0.729. The average molecular weight is 429 g/mol. The molecule has 0 aromatic heterocycles. The van der Waals surface area contributed by atoms with Gasteiger partial charge in [-0.05, 0) is 91.8 Å². The highest BCUT2D eigenvalue weighted by Crippen LogP contribution is 2.60. The molecule has 1 heterocycles. The first-order chi connectivity index (χ1) is 14.7. The highest BCUT2D eigenvalue weighted by Gasteiger charge is 2.51. The maximum atomic E-state index is 10.1. The Kier molecular flexibility index (Phi) is 6.65. The van der Waals surface area contributed by atoms with E-state index < -0.39 is 18.5 Å². The Morgan fingerprint density at radius 2 is 2.03 bits per heavy atom. The summed E-state index contributed by atoms with van der Waals surface area (Å²) in [6.07, 6.45) is 12.7. The number of aliphatic hydroxyl groups is 3. The lowest BCUT2D eigenvalue weighted by Crippen LogP contribution is -2.36. The van der Waals surface area contributed by atoms with Crippen LogP contribution in [0.15, 0.2) is 47.1 Å². The van der Waals surface area contributed by atoms with Crippen LogP contribution >= 0.6 is 0 Å². The quantitative estimate of drug-likeness (QED) is 0.562. The molecule has 4 aliphatic rings. The zero-order chi connectivity index (χ0) is 22.3. The van der Waals surface area contributed by atoms with Gasteiger partial charge < -0.3 is 20.1 Å². The van der Waals surface area contributed by atoms with Gasteiger partial charge in [0.05, 0.1) is 18.3 Å². The Morgan fingerprint density at radius 3 is 2.74 bits per heavy atom. The summed E-state index contributed by atoms with van der Waals surface area (Å²) < 4.78 is 5.72. The van der Waals surface area contributed by atoms with Crippen LogP contribution in [-0.4, -0.2) is 39.9 Å². The van der Waals surface area contributed by atoms with Crippen molar-refractivity contribution in [3.05, 3.63) is 47.1 Å². The highest BCUT2D eigenvalue weighted by atomic mass is 16.6. The smallest absolute Gasteiger partial charge is 0.177 e. The summed E-state index contributed by atoms with van der Waals surface area (Å²) in [5, 5.41) is 30.1. The molecule has 0 bridgehead atoms. The largest absolute Gasteiger partial charge is 0.393 e. The van der Waals surface area contributed by atoms with Crippen LogP contribution in [0.1, 0.15) is 72.1 Å². The van der Waals surface area contributed by atoms with Crippen molar-refractivity contribution in [3.63, 3.8) is 0 Å². The van der Waals surface area contributed by atoms with E-state index in [4.69, 9.17) is 4.74 Å². The highest BCUT2D eigenvalue weighted by molar-refractivity contribution is 5.38. The van der Waals surface area contributed by atoms with E-state index in [9.17, 15) is 15.3 Å². The third-order valence-electron chi connectivity index (χ3n) is 8.74. The molecule has 3 fully saturated rings. The number of allylic oxidation sites excluding steroid dienone is 3. The summed E-state index contributed by atoms with van der Waals surface area (Å²) in [7, 11) is 0. The molecular weight excluding hydrogens is 388 g/mol. The van der Waals surface area contributed by atoms with E-state index in [-0.39, 0.29) is 6.10 Å². The Balaban J connectivity index is 1.48. The molecule has 8 atom stereocenters. The van der Waals surface area contributed by atoms with Crippen molar-refractivity contribution in [1.82, 2.24) is 0 Å². The minimum absolute atomic E-state index is 0.0335. The van der Waals surface area contributed by atoms with Gasteiger partial charge in [-0.25, -0.2) is 0 Å². The predicted octanol–water partition coefficient (Wildman–Crippen LogP) is 4.82. The number of fused-ring (bicyclic) bond motifs is 1. The third kappa shape index (κ3) is 4.50. The van der Waals surface area contributed by atoms with E-state index in [1.54, 1.807) is 0 Å². The SMILES string of the molecule is C=C1/C(=C\C=C2/CCC[C@@]3(C)C2CC[C@@H]3[C@H](C)C[C@H]2C=C(C)C(O)O2)C[C@@H](O)C[C@@H]1O. The van der Waals surface area contributed by atoms with E-state index in [1.165, 1.54) is 31.3 Å². The normalized spacial score (nSPS) is 44.6. The number of hydrogen-bond acceptors (Lipinski definition) is 4. The predicted molar refractivity (Wildman–Crippen MR) is 123 cm³/mol. The molecule has 3 saturated carbocycles. The molecule has 172 valence electrons. The number of hydrogen-bond donors (Lipinski definition) is 3. The monoisotopic (exact) mass is 428 g/mol. The number of ether oxygens (including phenoxy) is 1. The number of aliphatic hydroxyl groups excluding tert-OH is 3. The van der Waals surface area contributed by atoms with Crippen molar-refractivity contribution in [3.8, 4) is 0 Å². The van der Waals surface area contributed by atoms with E-state index >= 15 is 0 Å². The Labute approximate surface area is 187 Å². The standard InChI is InChI=1S/C27H40O4/c1-16(12-22-13-17(2)26(30)31-22)23-9-10-24-19(6-5-11-27(23,24)4)7-8-20-14-21(28)15-25(29)18(20)3/h7-8,13,16,21-26,28-30H,3,5-6,9-12,14-15H2,1-2,4H3/b19-7+,20-8-/t16-,21-,22+,23-,24?,25+,26?,27-/m1/s1. The molecule has 3 N–H and O–H groups in total. The first-order valence-electron chi connectivity index (χ1n) is 12.2. The zero-order valence-electron chi connectivity index (χ0n) is 19.4. The second kappa shape index (κ2) is 8.97. The fourth-order valence-electron chi connectivity index (χ4n) is 7.02. The molecule has 3 aliphatic carbocycles. The Bertz CT molecular complexity index is 793. The number of rotatable bonds is 4. The fraction of sp³-hybridized carbons (Fsp3) is 0.704. The van der Waals surface area contributed by atoms with E-state index in [0.717, 1.165) is 29.6 Å². The Morgan fingerprint density at radius 1 is 1.26 bits per heavy atom. The summed E-state index contributed by atoms with van der Waals surface area (Å²) in [6, 6.07) is 0. The van der Waals surface area contributed by atoms with Gasteiger partial charge in [0, 0.05) is 6.42 Å². The second-order valence-electron chi connectivity index (χ2n) is 10.8. The molecule has 0 spiro atoms. The maximum Gasteiger partial charge on any atom is 0.177 e. The first kappa shape index (κ1) is 23.0. The van der Waals surface area contributed by atoms with Crippen molar-refractivity contribution >= 4 is 0 Å². The molecule has 1 aliphatic heterocycles. The van der Waals surface area contributed by atoms with Crippen LogP contribution in [0.3, 0.4) is 0 Å². The molecule has 0 amide bonds. The van der Waals surface area contributed by atoms with E-state index in [2.05, 4.69) is 38.7 Å². The summed E-state index contributed by atoms with van der Waals surface area (Å²) in [4.78, 5) is 0. The van der Waals surface area contributed by atoms with Crippen molar-refractivity contribution in [2.24, 2.45) is 23.2 Å². The van der Waals surface area contributed by atoms with Crippen LogP contribution in [-0.2, 0) is 4.74 Å². The summed E-state index contributed by atoms with van der Waals surface area (Å²) >= 11 is 0. The van der Waals surface area contributed by atoms with Crippen LogP contribution in [0, 0.1) is 23.2 Å². The van der Waals surface area contributed by atoms with Gasteiger partial charge in [-0.2, -0.15) is 0 Å². The first-order valence-corrected chi connectivity index (χ1v) is 12.2. The third-order valence-corrected chi connectivity index (χ3v) is 8.74. The van der Waals surface area contributed by atoms with Gasteiger partial charge in [0.25, 0.3) is 0 Å². The van der Waals surface area contributed by atoms with Crippen molar-refractivity contribution < 1.29 is 20.1 Å². The summed E-state index contributed by atoms with van der Waals surface area (Å²) in [5.74, 6) is 1.82. The molecule has 0 aromatic rings. The van der Waals surface area contributed by atoms with Gasteiger partial charge in [0.1, 0.15) is 0 Å². The minimum Gasteiger partial charge on any atom is -0.393 e. The van der Waals surface area contributed by atoms with Gasteiger partial charge in [-0.1, -0.05) is 44.2 Å². The molecular formula is C27H40O4. The van der Waals surface area contributed by atoms with Crippen LogP contribution < -0.4 is 0 Å². The van der Waals surface area contributed by atoms with Gasteiger partial charge in [0.15, 0.2) is 6.29 Å². The maximum absolute atomic E-state index is 10.1. The van der Waals surface area contributed by atoms with Crippen LogP contribution in [0.2, 0.25) is 0 Å². The molecule has 4 nitrogen and oxygen atoms in total. The van der Waals surface area contributed by atoms with Crippen LogP contribution in [0.5, 0.6) is 0 Å². The van der Waals surface area contributed by atoms with Gasteiger partial charge in [-0.15, -0.1) is 0 Å². The van der Waals surface area contributed by atoms with Crippen molar-refractivity contribution in [2.75, 3.05) is 0 Å². The van der Waals surface area contributed by atoms with Crippen molar-refractivity contribution in [1.29, 1.82) is 0 Å². The zero-order valence-corrected chi connectivity index (χ0v) is 19.4. The summed E-state index contributed by atoms with van der Waals surface area (Å²) in [6.45, 7) is 10.9. The Hall–Kier alpha value is -1.20. The van der Waals surface area contributed by atoms with Crippen LogP contribution in [0.25, 0.3) is 0 Å². The van der Waals surface area contributed by atoms with Gasteiger partial charge >= 0.3 is 0 Å². The van der Waals surface area contributed by atoms with Crippen LogP contribution in [0.4, 0.5) is 0 Å². The van der Waals surface area contributed by atoms with Gasteiger partial charge in [0.2, 0.25) is 0 Å². The average Bonchev–Trinajstić information content (AvgIpc) is 3.22. The summed E-state index contributed by atoms with van der Waals surface area (Å²) in [5.41, 5.74) is 4.53. The van der Waals surface area contributed by atoms with E-state index in [0.29, 0.717) is 36.0 Å². The molecule has 31 heavy (non-hydrogen) atoms. The molecule has 4 heteroatoms. The second-order valence-corrected chi connectivity index (χ2v) is 10.8. The molecule has 0 radical (unpaired) electrons. The molecule has 2 unspecified atom stereocenters. The lowest BCUT2D eigenvalue weighted by molar-refractivity contribution is -0.0873. The topological polar surface area (TPSA) is 69.9 Å². The van der Waals surface area contributed by atoms with Gasteiger partial charge in [-0.3, -0.25) is 0 Å².